The van der Waals surface area contributed by atoms with Crippen LogP contribution in [0.5, 0.6) is 5.75 Å². The van der Waals surface area contributed by atoms with Crippen LogP contribution in [0.4, 0.5) is 5.69 Å². The fourth-order valence-electron chi connectivity index (χ4n) is 1.43. The van der Waals surface area contributed by atoms with Gasteiger partial charge in [-0.3, -0.25) is 9.10 Å². The normalized spacial score (nSPS) is 10.8. The summed E-state index contributed by atoms with van der Waals surface area (Å²) in [5.74, 6) is -0.252. The van der Waals surface area contributed by atoms with Gasteiger partial charge in [-0.1, -0.05) is 18.7 Å². The fraction of sp³-hybridized carbons (Fsp3) is 0.250. The molecular weight excluding hydrogens is 268 g/mol. The lowest BCUT2D eigenvalue weighted by molar-refractivity contribution is -0.116. The average Bonchev–Trinajstić information content (AvgIpc) is 2.32. The third-order valence-electron chi connectivity index (χ3n) is 2.17. The lowest BCUT2D eigenvalue weighted by Gasteiger charge is -2.21. The van der Waals surface area contributed by atoms with E-state index >= 15 is 0 Å². The maximum Gasteiger partial charge on any atom is 0.238 e. The molecule has 1 rings (SSSR count). The minimum absolute atomic E-state index is 0.304. The summed E-state index contributed by atoms with van der Waals surface area (Å²) in [5, 5.41) is 0. The average molecular weight is 284 g/mol. The molecule has 0 saturated heterocycles. The zero-order valence-corrected chi connectivity index (χ0v) is 11.4. The summed E-state index contributed by atoms with van der Waals surface area (Å²) in [6.07, 6.45) is 2.58. The lowest BCUT2D eigenvalue weighted by Crippen LogP contribution is -2.37. The van der Waals surface area contributed by atoms with Crippen LogP contribution in [0, 0.1) is 0 Å². The Hall–Kier alpha value is -2.02. The summed E-state index contributed by atoms with van der Waals surface area (Å²) in [4.78, 5) is 11.0. The van der Waals surface area contributed by atoms with Crippen molar-refractivity contribution in [2.45, 2.75) is 0 Å². The van der Waals surface area contributed by atoms with Gasteiger partial charge in [0.1, 0.15) is 18.9 Å². The van der Waals surface area contributed by atoms with E-state index in [-0.39, 0.29) is 0 Å². The van der Waals surface area contributed by atoms with E-state index < -0.39 is 22.5 Å². The first kappa shape index (κ1) is 15.0. The number of nitrogens with zero attached hydrogens (tertiary/aromatic N) is 1. The number of hydrogen-bond acceptors (Lipinski definition) is 4. The first-order valence-electron chi connectivity index (χ1n) is 5.44. The van der Waals surface area contributed by atoms with Crippen LogP contribution in [0.1, 0.15) is 0 Å². The molecule has 0 aliphatic carbocycles. The number of carbonyl (C=O) groups excluding carboxylic acids is 1. The van der Waals surface area contributed by atoms with Crippen LogP contribution in [-0.4, -0.2) is 33.7 Å². The van der Waals surface area contributed by atoms with E-state index in [0.29, 0.717) is 18.0 Å². The van der Waals surface area contributed by atoms with Crippen molar-refractivity contribution in [1.29, 1.82) is 0 Å². The van der Waals surface area contributed by atoms with Gasteiger partial charge in [-0.2, -0.15) is 0 Å². The van der Waals surface area contributed by atoms with Crippen LogP contribution < -0.4 is 14.8 Å². The monoisotopic (exact) mass is 284 g/mol. The Bertz CT molecular complexity index is 569. The standard InChI is InChI=1S/C12H16N2O4S/c1-3-7-18-11-6-4-5-10(8-11)14(9-12(13)15)19(2,16)17/h3-6,8H,1,7,9H2,2H3,(H2,13,15). The first-order valence-corrected chi connectivity index (χ1v) is 7.29. The molecule has 1 amide bonds. The van der Waals surface area contributed by atoms with E-state index in [1.165, 1.54) is 6.07 Å². The number of ether oxygens (including phenoxy) is 1. The van der Waals surface area contributed by atoms with Crippen LogP contribution in [0.25, 0.3) is 0 Å². The van der Waals surface area contributed by atoms with Gasteiger partial charge in [-0.15, -0.1) is 0 Å². The van der Waals surface area contributed by atoms with Gasteiger partial charge in [-0.25, -0.2) is 8.42 Å². The molecule has 2 N–H and O–H groups in total. The van der Waals surface area contributed by atoms with Crippen molar-refractivity contribution < 1.29 is 17.9 Å². The van der Waals surface area contributed by atoms with E-state index in [1.807, 2.05) is 0 Å². The zero-order valence-electron chi connectivity index (χ0n) is 10.6. The summed E-state index contributed by atoms with van der Waals surface area (Å²) in [5.41, 5.74) is 5.38. The predicted molar refractivity (Wildman–Crippen MR) is 73.5 cm³/mol. The van der Waals surface area contributed by atoms with Crippen LogP contribution in [0.2, 0.25) is 0 Å². The molecule has 19 heavy (non-hydrogen) atoms. The number of nitrogens with two attached hydrogens (primary N) is 1. The second kappa shape index (κ2) is 6.24. The maximum absolute atomic E-state index is 11.7. The van der Waals surface area contributed by atoms with E-state index in [1.54, 1.807) is 24.3 Å². The van der Waals surface area contributed by atoms with Crippen molar-refractivity contribution in [1.82, 2.24) is 0 Å². The highest BCUT2D eigenvalue weighted by atomic mass is 32.2. The molecule has 0 unspecified atom stereocenters. The minimum atomic E-state index is -3.59. The maximum atomic E-state index is 11.7. The summed E-state index contributed by atoms with van der Waals surface area (Å²) in [7, 11) is -3.59. The Labute approximate surface area is 112 Å². The molecule has 0 aliphatic heterocycles. The topological polar surface area (TPSA) is 89.7 Å². The second-order valence-electron chi connectivity index (χ2n) is 3.83. The molecule has 0 saturated carbocycles. The van der Waals surface area contributed by atoms with E-state index in [9.17, 15) is 13.2 Å². The van der Waals surface area contributed by atoms with Crippen molar-refractivity contribution in [3.63, 3.8) is 0 Å². The van der Waals surface area contributed by atoms with Crippen molar-refractivity contribution in [2.75, 3.05) is 23.7 Å². The molecule has 1 aromatic rings. The Kier molecular flexibility index (Phi) is 4.94. The number of carbonyl (C=O) groups is 1. The molecule has 7 heteroatoms. The minimum Gasteiger partial charge on any atom is -0.489 e. The molecule has 104 valence electrons. The number of hydrogen-bond donors (Lipinski definition) is 1. The molecule has 0 heterocycles. The molecule has 1 aromatic carbocycles. The molecule has 0 aliphatic rings. The van der Waals surface area contributed by atoms with Crippen LogP contribution in [0.15, 0.2) is 36.9 Å². The number of sulfonamides is 1. The van der Waals surface area contributed by atoms with Crippen molar-refractivity contribution in [2.24, 2.45) is 5.73 Å². The third kappa shape index (κ3) is 4.63. The number of amides is 1. The summed E-state index contributed by atoms with van der Waals surface area (Å²) in [6.45, 7) is 3.41. The smallest absolute Gasteiger partial charge is 0.238 e. The van der Waals surface area contributed by atoms with Gasteiger partial charge in [0.15, 0.2) is 0 Å². The highest BCUT2D eigenvalue weighted by molar-refractivity contribution is 7.92. The molecule has 0 atom stereocenters. The van der Waals surface area contributed by atoms with E-state index in [0.717, 1.165) is 10.6 Å². The highest BCUT2D eigenvalue weighted by Crippen LogP contribution is 2.23. The number of rotatable bonds is 7. The lowest BCUT2D eigenvalue weighted by atomic mass is 10.3. The van der Waals surface area contributed by atoms with Gasteiger partial charge in [-0.05, 0) is 12.1 Å². The van der Waals surface area contributed by atoms with Gasteiger partial charge in [0.05, 0.1) is 11.9 Å². The fourth-order valence-corrected chi connectivity index (χ4v) is 2.28. The summed E-state index contributed by atoms with van der Waals surface area (Å²) < 4.78 is 29.5. The Morgan fingerprint density at radius 3 is 2.74 bits per heavy atom. The van der Waals surface area contributed by atoms with Crippen LogP contribution in [0.3, 0.4) is 0 Å². The van der Waals surface area contributed by atoms with E-state index in [2.05, 4.69) is 6.58 Å². The molecule has 0 radical (unpaired) electrons. The number of anilines is 1. The van der Waals surface area contributed by atoms with Crippen LogP contribution in [-0.2, 0) is 14.8 Å². The van der Waals surface area contributed by atoms with Gasteiger partial charge in [0.2, 0.25) is 15.9 Å². The predicted octanol–water partition coefficient (Wildman–Crippen LogP) is 0.503. The van der Waals surface area contributed by atoms with Crippen LogP contribution >= 0.6 is 0 Å². The van der Waals surface area contributed by atoms with Crippen molar-refractivity contribution in [3.8, 4) is 5.75 Å². The number of benzene rings is 1. The molecular formula is C12H16N2O4S. The summed E-state index contributed by atoms with van der Waals surface area (Å²) in [6, 6.07) is 6.39. The third-order valence-corrected chi connectivity index (χ3v) is 3.31. The number of primary amides is 1. The quantitative estimate of drug-likeness (QED) is 0.738. The molecule has 0 bridgehead atoms. The Morgan fingerprint density at radius 1 is 1.53 bits per heavy atom. The van der Waals surface area contributed by atoms with Crippen molar-refractivity contribution in [3.05, 3.63) is 36.9 Å². The van der Waals surface area contributed by atoms with Gasteiger partial charge < -0.3 is 10.5 Å². The zero-order chi connectivity index (χ0) is 14.5. The van der Waals surface area contributed by atoms with Crippen molar-refractivity contribution >= 4 is 21.6 Å². The van der Waals surface area contributed by atoms with E-state index in [4.69, 9.17) is 10.5 Å². The van der Waals surface area contributed by atoms with Gasteiger partial charge in [0.25, 0.3) is 0 Å². The van der Waals surface area contributed by atoms with Gasteiger partial charge in [0, 0.05) is 6.07 Å². The molecule has 0 aromatic heterocycles. The first-order chi connectivity index (χ1) is 8.84. The second-order valence-corrected chi connectivity index (χ2v) is 5.74. The molecule has 6 nitrogen and oxygen atoms in total. The van der Waals surface area contributed by atoms with Gasteiger partial charge >= 0.3 is 0 Å². The molecule has 0 fully saturated rings. The molecule has 0 spiro atoms. The highest BCUT2D eigenvalue weighted by Gasteiger charge is 2.19. The SMILES string of the molecule is C=CCOc1cccc(N(CC(N)=O)S(C)(=O)=O)c1. The largest absolute Gasteiger partial charge is 0.489 e. The summed E-state index contributed by atoms with van der Waals surface area (Å²) >= 11 is 0. The Balaban J connectivity index is 3.08. The Morgan fingerprint density at radius 2 is 2.21 bits per heavy atom.